The van der Waals surface area contributed by atoms with Crippen LogP contribution in [0.2, 0.25) is 0 Å². The van der Waals surface area contributed by atoms with Gasteiger partial charge in [0.25, 0.3) is 0 Å². The van der Waals surface area contributed by atoms with Crippen LogP contribution in [0.25, 0.3) is 0 Å². The monoisotopic (exact) mass is 252 g/mol. The molecule has 0 bridgehead atoms. The Labute approximate surface area is 113 Å². The van der Waals surface area contributed by atoms with Crippen molar-refractivity contribution in [1.29, 1.82) is 0 Å². The van der Waals surface area contributed by atoms with Crippen molar-refractivity contribution >= 4 is 24.8 Å². The lowest BCUT2D eigenvalue weighted by Crippen LogP contribution is -2.44. The fourth-order valence-corrected chi connectivity index (χ4v) is 2.59. The van der Waals surface area contributed by atoms with Crippen molar-refractivity contribution in [3.8, 4) is 5.75 Å². The molecule has 3 rings (SSSR count). The fourth-order valence-electron chi connectivity index (χ4n) is 2.59. The van der Waals surface area contributed by atoms with Gasteiger partial charge in [-0.1, -0.05) is 54.0 Å². The van der Waals surface area contributed by atoms with Crippen LogP contribution in [-0.2, 0) is 6.32 Å². The Bertz CT molecular complexity index is 572. The molecule has 5 heteroatoms. The molecule has 0 amide bonds. The van der Waals surface area contributed by atoms with Crippen molar-refractivity contribution < 1.29 is 14.8 Å². The first kappa shape index (κ1) is 12.3. The molecular formula is C14H14B2O3. The smallest absolute Gasteiger partial charge is 0.492 e. The van der Waals surface area contributed by atoms with E-state index < -0.39 is 7.12 Å². The minimum atomic E-state index is -1.48. The zero-order valence-corrected chi connectivity index (χ0v) is 10.5. The molecule has 3 nitrogen and oxygen atoms in total. The van der Waals surface area contributed by atoms with Gasteiger partial charge in [0.2, 0.25) is 6.71 Å². The maximum atomic E-state index is 9.34. The lowest BCUT2D eigenvalue weighted by molar-refractivity contribution is 0.368. The molecule has 1 aliphatic rings. The molecule has 0 saturated heterocycles. The minimum absolute atomic E-state index is 0.319. The van der Waals surface area contributed by atoms with Gasteiger partial charge in [-0.05, 0) is 11.9 Å². The van der Waals surface area contributed by atoms with E-state index in [1.807, 2.05) is 30.3 Å². The number of ether oxygens (including phenoxy) is 1. The molecule has 2 aromatic carbocycles. The predicted octanol–water partition coefficient (Wildman–Crippen LogP) is -0.218. The van der Waals surface area contributed by atoms with E-state index in [0.29, 0.717) is 24.4 Å². The van der Waals surface area contributed by atoms with Gasteiger partial charge in [0.05, 0.1) is 6.51 Å². The average molecular weight is 252 g/mol. The highest BCUT2D eigenvalue weighted by Crippen LogP contribution is 2.22. The highest BCUT2D eigenvalue weighted by atomic mass is 16.5. The van der Waals surface area contributed by atoms with E-state index in [9.17, 15) is 10.0 Å². The maximum Gasteiger partial charge on any atom is 0.492 e. The third kappa shape index (κ3) is 2.39. The molecule has 2 aromatic rings. The molecule has 1 heterocycles. The molecule has 0 aliphatic carbocycles. The molecule has 0 saturated carbocycles. The van der Waals surface area contributed by atoms with Crippen molar-refractivity contribution in [2.75, 3.05) is 6.51 Å². The Balaban J connectivity index is 1.91. The van der Waals surface area contributed by atoms with E-state index >= 15 is 0 Å². The highest BCUT2D eigenvalue weighted by molar-refractivity contribution is 6.73. The number of rotatable bonds is 2. The molecule has 94 valence electrons. The van der Waals surface area contributed by atoms with E-state index in [1.54, 1.807) is 6.07 Å². The molecule has 1 aliphatic heterocycles. The summed E-state index contributed by atoms with van der Waals surface area (Å²) in [7, 11) is -1.48. The standard InChI is InChI=1S/C14H14B2O3/c17-16(18)13-8-4-5-11-9-15(10-19-14(11)13)12-6-2-1-3-7-12/h1-8,17-18H,9-10H2. The van der Waals surface area contributed by atoms with Crippen LogP contribution in [-0.4, -0.2) is 30.4 Å². The highest BCUT2D eigenvalue weighted by Gasteiger charge is 2.28. The Morgan fingerprint density at radius 3 is 2.53 bits per heavy atom. The van der Waals surface area contributed by atoms with Crippen LogP contribution >= 0.6 is 0 Å². The zero-order valence-electron chi connectivity index (χ0n) is 10.5. The van der Waals surface area contributed by atoms with Gasteiger partial charge in [-0.2, -0.15) is 0 Å². The first-order chi connectivity index (χ1) is 9.25. The second-order valence-corrected chi connectivity index (χ2v) is 4.83. The Hall–Kier alpha value is -1.71. The SMILES string of the molecule is OB(O)c1cccc2c1OCB(c1ccccc1)C2. The summed E-state index contributed by atoms with van der Waals surface area (Å²) in [4.78, 5) is 0. The summed E-state index contributed by atoms with van der Waals surface area (Å²) in [5.74, 6) is 0.629. The molecule has 0 unspecified atom stereocenters. The minimum Gasteiger partial charge on any atom is -0.502 e. The van der Waals surface area contributed by atoms with Crippen molar-refractivity contribution in [3.63, 3.8) is 0 Å². The lowest BCUT2D eigenvalue weighted by Gasteiger charge is -2.25. The lowest BCUT2D eigenvalue weighted by atomic mass is 9.41. The van der Waals surface area contributed by atoms with Gasteiger partial charge in [0.1, 0.15) is 5.75 Å². The number of fused-ring (bicyclic) bond motifs is 1. The summed E-state index contributed by atoms with van der Waals surface area (Å²) in [5, 5.41) is 18.7. The van der Waals surface area contributed by atoms with Crippen LogP contribution in [0, 0.1) is 0 Å². The van der Waals surface area contributed by atoms with E-state index in [1.165, 1.54) is 5.46 Å². The first-order valence-electron chi connectivity index (χ1n) is 6.41. The summed E-state index contributed by atoms with van der Waals surface area (Å²) in [6, 6.07) is 15.8. The van der Waals surface area contributed by atoms with E-state index in [2.05, 4.69) is 12.1 Å². The molecule has 0 spiro atoms. The predicted molar refractivity (Wildman–Crippen MR) is 77.3 cm³/mol. The van der Waals surface area contributed by atoms with Gasteiger partial charge in [0, 0.05) is 5.46 Å². The fraction of sp³-hybridized carbons (Fsp3) is 0.143. The summed E-state index contributed by atoms with van der Waals surface area (Å²) >= 11 is 0. The quantitative estimate of drug-likeness (QED) is 0.726. The summed E-state index contributed by atoms with van der Waals surface area (Å²) < 4.78 is 5.76. The van der Waals surface area contributed by atoms with Crippen molar-refractivity contribution in [2.45, 2.75) is 6.32 Å². The van der Waals surface area contributed by atoms with Crippen molar-refractivity contribution in [3.05, 3.63) is 54.1 Å². The van der Waals surface area contributed by atoms with Crippen LogP contribution in [0.1, 0.15) is 5.56 Å². The molecular weight excluding hydrogens is 238 g/mol. The molecule has 0 aromatic heterocycles. The van der Waals surface area contributed by atoms with E-state index in [-0.39, 0.29) is 0 Å². The van der Waals surface area contributed by atoms with Crippen LogP contribution in [0.3, 0.4) is 0 Å². The Kier molecular flexibility index (Phi) is 3.32. The van der Waals surface area contributed by atoms with Crippen molar-refractivity contribution in [1.82, 2.24) is 0 Å². The average Bonchev–Trinajstić information content (AvgIpc) is 2.47. The maximum absolute atomic E-state index is 9.34. The topological polar surface area (TPSA) is 49.7 Å². The first-order valence-corrected chi connectivity index (χ1v) is 6.41. The van der Waals surface area contributed by atoms with Crippen LogP contribution < -0.4 is 15.7 Å². The van der Waals surface area contributed by atoms with Gasteiger partial charge >= 0.3 is 7.12 Å². The second kappa shape index (κ2) is 5.11. The van der Waals surface area contributed by atoms with Gasteiger partial charge in [0.15, 0.2) is 0 Å². The summed E-state index contributed by atoms with van der Waals surface area (Å²) in [6.45, 7) is 0.889. The molecule has 0 atom stereocenters. The third-order valence-corrected chi connectivity index (χ3v) is 3.57. The molecule has 2 N–H and O–H groups in total. The van der Waals surface area contributed by atoms with Gasteiger partial charge in [-0.3, -0.25) is 0 Å². The molecule has 0 fully saturated rings. The summed E-state index contributed by atoms with van der Waals surface area (Å²) in [5.41, 5.74) is 2.73. The normalized spacial score (nSPS) is 13.7. The van der Waals surface area contributed by atoms with Crippen LogP contribution in [0.4, 0.5) is 0 Å². The van der Waals surface area contributed by atoms with Gasteiger partial charge < -0.3 is 14.8 Å². The Morgan fingerprint density at radius 1 is 1.00 bits per heavy atom. The molecule has 0 radical (unpaired) electrons. The summed E-state index contributed by atoms with van der Waals surface area (Å²) in [6.07, 6.45) is 0.861. The van der Waals surface area contributed by atoms with Crippen LogP contribution in [0.15, 0.2) is 48.5 Å². The number of para-hydroxylation sites is 1. The van der Waals surface area contributed by atoms with Crippen molar-refractivity contribution in [2.24, 2.45) is 0 Å². The zero-order chi connectivity index (χ0) is 13.2. The third-order valence-electron chi connectivity index (χ3n) is 3.57. The van der Waals surface area contributed by atoms with Gasteiger partial charge in [-0.15, -0.1) is 0 Å². The second-order valence-electron chi connectivity index (χ2n) is 4.83. The van der Waals surface area contributed by atoms with E-state index in [4.69, 9.17) is 4.74 Å². The number of hydrogen-bond donors (Lipinski definition) is 2. The molecule has 19 heavy (non-hydrogen) atoms. The Morgan fingerprint density at radius 2 is 1.79 bits per heavy atom. The largest absolute Gasteiger partial charge is 0.502 e. The number of hydrogen-bond acceptors (Lipinski definition) is 3. The van der Waals surface area contributed by atoms with Gasteiger partial charge in [-0.25, -0.2) is 0 Å². The van der Waals surface area contributed by atoms with Crippen LogP contribution in [0.5, 0.6) is 5.75 Å². The number of benzene rings is 2. The van der Waals surface area contributed by atoms with E-state index in [0.717, 1.165) is 11.9 Å².